The zero-order valence-electron chi connectivity index (χ0n) is 8.11. The van der Waals surface area contributed by atoms with E-state index in [2.05, 4.69) is 28.2 Å². The van der Waals surface area contributed by atoms with E-state index >= 15 is 0 Å². The molecule has 1 aliphatic heterocycles. The number of hydrogen-bond acceptors (Lipinski definition) is 1. The molecule has 1 fully saturated rings. The molecule has 0 spiro atoms. The van der Waals surface area contributed by atoms with Gasteiger partial charge in [0.15, 0.2) is 0 Å². The number of halogens is 2. The van der Waals surface area contributed by atoms with Crippen molar-refractivity contribution in [3.05, 3.63) is 34.1 Å². The minimum absolute atomic E-state index is 0.0685. The molecule has 0 radical (unpaired) electrons. The third-order valence-electron chi connectivity index (χ3n) is 2.91. The van der Waals surface area contributed by atoms with E-state index in [0.29, 0.717) is 4.47 Å². The SMILES string of the molecule is CC1(c2cccc(F)c2Br)CCCN1. The molecular weight excluding hydrogens is 245 g/mol. The average molecular weight is 258 g/mol. The second-order valence-electron chi connectivity index (χ2n) is 3.96. The zero-order chi connectivity index (χ0) is 10.2. The molecule has 0 saturated carbocycles. The second kappa shape index (κ2) is 3.63. The van der Waals surface area contributed by atoms with E-state index in [1.165, 1.54) is 6.07 Å². The highest BCUT2D eigenvalue weighted by Gasteiger charge is 2.32. The Morgan fingerprint density at radius 2 is 2.29 bits per heavy atom. The molecule has 0 amide bonds. The van der Waals surface area contributed by atoms with Crippen LogP contribution in [0, 0.1) is 5.82 Å². The number of hydrogen-bond donors (Lipinski definition) is 1. The van der Waals surface area contributed by atoms with Gasteiger partial charge in [-0.25, -0.2) is 4.39 Å². The van der Waals surface area contributed by atoms with Crippen molar-refractivity contribution in [3.8, 4) is 0 Å². The van der Waals surface area contributed by atoms with Gasteiger partial charge < -0.3 is 5.32 Å². The number of rotatable bonds is 1. The van der Waals surface area contributed by atoms with Gasteiger partial charge >= 0.3 is 0 Å². The van der Waals surface area contributed by atoms with Crippen molar-refractivity contribution < 1.29 is 4.39 Å². The fraction of sp³-hybridized carbons (Fsp3) is 0.455. The molecule has 1 N–H and O–H groups in total. The van der Waals surface area contributed by atoms with Crippen LogP contribution in [0.4, 0.5) is 4.39 Å². The van der Waals surface area contributed by atoms with Crippen LogP contribution in [0.3, 0.4) is 0 Å². The third-order valence-corrected chi connectivity index (χ3v) is 3.72. The summed E-state index contributed by atoms with van der Waals surface area (Å²) >= 11 is 3.31. The summed E-state index contributed by atoms with van der Waals surface area (Å²) in [5, 5.41) is 3.42. The lowest BCUT2D eigenvalue weighted by Gasteiger charge is -2.26. The molecule has 1 saturated heterocycles. The van der Waals surface area contributed by atoms with Crippen LogP contribution in [-0.2, 0) is 5.54 Å². The molecule has 1 aromatic carbocycles. The van der Waals surface area contributed by atoms with Crippen molar-refractivity contribution in [2.45, 2.75) is 25.3 Å². The molecule has 1 atom stereocenters. The van der Waals surface area contributed by atoms with E-state index in [9.17, 15) is 4.39 Å². The summed E-state index contributed by atoms with van der Waals surface area (Å²) in [5.41, 5.74) is 0.955. The monoisotopic (exact) mass is 257 g/mol. The lowest BCUT2D eigenvalue weighted by Crippen LogP contribution is -2.33. The summed E-state index contributed by atoms with van der Waals surface area (Å²) in [6.07, 6.45) is 2.22. The molecule has 0 aromatic heterocycles. The summed E-state index contributed by atoms with van der Waals surface area (Å²) in [7, 11) is 0. The molecule has 1 unspecified atom stereocenters. The molecule has 1 heterocycles. The zero-order valence-corrected chi connectivity index (χ0v) is 9.70. The molecule has 1 aliphatic rings. The van der Waals surface area contributed by atoms with E-state index in [0.717, 1.165) is 24.9 Å². The van der Waals surface area contributed by atoms with Crippen LogP contribution in [0.1, 0.15) is 25.3 Å². The molecule has 14 heavy (non-hydrogen) atoms. The van der Waals surface area contributed by atoms with E-state index in [1.54, 1.807) is 6.07 Å². The highest BCUT2D eigenvalue weighted by Crippen LogP contribution is 2.35. The molecule has 0 aliphatic carbocycles. The Bertz CT molecular complexity index is 345. The van der Waals surface area contributed by atoms with Crippen molar-refractivity contribution in [3.63, 3.8) is 0 Å². The highest BCUT2D eigenvalue weighted by atomic mass is 79.9. The van der Waals surface area contributed by atoms with Gasteiger partial charge in [0.1, 0.15) is 5.82 Å². The summed E-state index contributed by atoms with van der Waals surface area (Å²) in [6.45, 7) is 3.14. The van der Waals surface area contributed by atoms with E-state index in [-0.39, 0.29) is 11.4 Å². The summed E-state index contributed by atoms with van der Waals surface area (Å²) < 4.78 is 13.9. The number of benzene rings is 1. The Morgan fingerprint density at radius 1 is 1.50 bits per heavy atom. The van der Waals surface area contributed by atoms with Gasteiger partial charge in [0.05, 0.1) is 4.47 Å². The highest BCUT2D eigenvalue weighted by molar-refractivity contribution is 9.10. The Hall–Kier alpha value is -0.410. The number of nitrogens with one attached hydrogen (secondary N) is 1. The Morgan fingerprint density at radius 3 is 2.93 bits per heavy atom. The van der Waals surface area contributed by atoms with Gasteiger partial charge in [0, 0.05) is 5.54 Å². The fourth-order valence-corrected chi connectivity index (χ4v) is 2.76. The molecule has 1 nitrogen and oxygen atoms in total. The summed E-state index contributed by atoms with van der Waals surface area (Å²) in [5.74, 6) is -0.183. The lowest BCUT2D eigenvalue weighted by atomic mass is 9.90. The van der Waals surface area contributed by atoms with Crippen LogP contribution in [0.15, 0.2) is 22.7 Å². The van der Waals surface area contributed by atoms with Gasteiger partial charge in [-0.2, -0.15) is 0 Å². The van der Waals surface area contributed by atoms with Crippen LogP contribution < -0.4 is 5.32 Å². The fourth-order valence-electron chi connectivity index (χ4n) is 2.05. The van der Waals surface area contributed by atoms with Gasteiger partial charge in [-0.15, -0.1) is 0 Å². The molecule has 76 valence electrons. The second-order valence-corrected chi connectivity index (χ2v) is 4.76. The van der Waals surface area contributed by atoms with Gasteiger partial charge in [-0.3, -0.25) is 0 Å². The molecule has 2 rings (SSSR count). The first-order valence-electron chi connectivity index (χ1n) is 4.83. The van der Waals surface area contributed by atoms with Crippen LogP contribution in [0.25, 0.3) is 0 Å². The van der Waals surface area contributed by atoms with Crippen LogP contribution >= 0.6 is 15.9 Å². The third kappa shape index (κ3) is 1.59. The summed E-state index contributed by atoms with van der Waals surface area (Å²) in [6, 6.07) is 5.22. The van der Waals surface area contributed by atoms with E-state index in [4.69, 9.17) is 0 Å². The van der Waals surface area contributed by atoms with Crippen LogP contribution in [-0.4, -0.2) is 6.54 Å². The molecule has 1 aromatic rings. The van der Waals surface area contributed by atoms with Gasteiger partial charge in [-0.1, -0.05) is 12.1 Å². The standard InChI is InChI=1S/C11H13BrFN/c1-11(6-3-7-14-11)8-4-2-5-9(13)10(8)12/h2,4-5,14H,3,6-7H2,1H3. The first-order valence-corrected chi connectivity index (χ1v) is 5.62. The van der Waals surface area contributed by atoms with Crippen molar-refractivity contribution >= 4 is 15.9 Å². The van der Waals surface area contributed by atoms with Crippen LogP contribution in [0.5, 0.6) is 0 Å². The van der Waals surface area contributed by atoms with Gasteiger partial charge in [-0.05, 0) is 53.9 Å². The van der Waals surface area contributed by atoms with E-state index in [1.807, 2.05) is 6.07 Å². The lowest BCUT2D eigenvalue weighted by molar-refractivity contribution is 0.429. The maximum Gasteiger partial charge on any atom is 0.137 e. The largest absolute Gasteiger partial charge is 0.308 e. The minimum atomic E-state index is -0.183. The average Bonchev–Trinajstić information content (AvgIpc) is 2.58. The predicted octanol–water partition coefficient (Wildman–Crippen LogP) is 3.19. The molecule has 3 heteroatoms. The van der Waals surface area contributed by atoms with Gasteiger partial charge in [0.25, 0.3) is 0 Å². The maximum atomic E-state index is 13.3. The maximum absolute atomic E-state index is 13.3. The van der Waals surface area contributed by atoms with Crippen molar-refractivity contribution in [1.82, 2.24) is 5.32 Å². The first-order chi connectivity index (χ1) is 6.63. The van der Waals surface area contributed by atoms with Gasteiger partial charge in [0.2, 0.25) is 0 Å². The molecular formula is C11H13BrFN. The topological polar surface area (TPSA) is 12.0 Å². The molecule has 0 bridgehead atoms. The summed E-state index contributed by atoms with van der Waals surface area (Å²) in [4.78, 5) is 0. The normalized spacial score (nSPS) is 26.8. The Labute approximate surface area is 91.8 Å². The van der Waals surface area contributed by atoms with Crippen molar-refractivity contribution in [2.24, 2.45) is 0 Å². The first kappa shape index (κ1) is 10.1. The van der Waals surface area contributed by atoms with Crippen LogP contribution in [0.2, 0.25) is 0 Å². The van der Waals surface area contributed by atoms with E-state index < -0.39 is 0 Å². The Balaban J connectivity index is 2.45. The predicted molar refractivity (Wildman–Crippen MR) is 58.7 cm³/mol. The Kier molecular flexibility index (Phi) is 2.62. The van der Waals surface area contributed by atoms with Crippen molar-refractivity contribution in [2.75, 3.05) is 6.54 Å². The minimum Gasteiger partial charge on any atom is -0.308 e. The smallest absolute Gasteiger partial charge is 0.137 e. The van der Waals surface area contributed by atoms with Crippen molar-refractivity contribution in [1.29, 1.82) is 0 Å². The quantitative estimate of drug-likeness (QED) is 0.815.